The second kappa shape index (κ2) is 10.5. The van der Waals surface area contributed by atoms with Crippen LogP contribution in [0.25, 0.3) is 0 Å². The van der Waals surface area contributed by atoms with Crippen LogP contribution in [0.2, 0.25) is 5.02 Å². The van der Waals surface area contributed by atoms with Crippen molar-refractivity contribution in [2.75, 3.05) is 47.1 Å². The number of aliphatic hydroxyl groups is 1. The van der Waals surface area contributed by atoms with Crippen molar-refractivity contribution in [2.24, 2.45) is 0 Å². The fourth-order valence-electron chi connectivity index (χ4n) is 2.01. The average molecular weight is 381 g/mol. The summed E-state index contributed by atoms with van der Waals surface area (Å²) >= 11 is 9.53. The molecular formula is C15H23BrClNO3. The standard InChI is InChI=1S/C15H23BrClNO3/c1-20-9-7-18(8-10-21-2)6-5-15(19)13-4-3-12(16)11-14(13)17/h3-4,11,15,19H,5-10H2,1-2H3. The Hall–Kier alpha value is -0.170. The second-order valence-corrected chi connectivity index (χ2v) is 6.12. The molecule has 0 heterocycles. The van der Waals surface area contributed by atoms with Gasteiger partial charge in [0, 0.05) is 43.3 Å². The largest absolute Gasteiger partial charge is 0.388 e. The molecule has 4 nitrogen and oxygen atoms in total. The van der Waals surface area contributed by atoms with Crippen LogP contribution in [0, 0.1) is 0 Å². The van der Waals surface area contributed by atoms with E-state index in [1.165, 1.54) is 0 Å². The highest BCUT2D eigenvalue weighted by molar-refractivity contribution is 9.10. The van der Waals surface area contributed by atoms with E-state index >= 15 is 0 Å². The number of rotatable bonds is 10. The molecule has 1 unspecified atom stereocenters. The van der Waals surface area contributed by atoms with Crippen LogP contribution in [0.15, 0.2) is 22.7 Å². The molecule has 0 saturated heterocycles. The fraction of sp³-hybridized carbons (Fsp3) is 0.600. The predicted octanol–water partition coefficient (Wildman–Crippen LogP) is 3.12. The van der Waals surface area contributed by atoms with Gasteiger partial charge < -0.3 is 14.6 Å². The van der Waals surface area contributed by atoms with E-state index in [4.69, 9.17) is 21.1 Å². The van der Waals surface area contributed by atoms with E-state index in [1.54, 1.807) is 20.3 Å². The van der Waals surface area contributed by atoms with Gasteiger partial charge in [0.05, 0.1) is 19.3 Å². The summed E-state index contributed by atoms with van der Waals surface area (Å²) in [5, 5.41) is 10.9. The molecule has 0 amide bonds. The minimum absolute atomic E-state index is 0.571. The first kappa shape index (κ1) is 18.9. The first-order valence-corrected chi connectivity index (χ1v) is 8.08. The van der Waals surface area contributed by atoms with Gasteiger partial charge in [-0.05, 0) is 24.1 Å². The minimum Gasteiger partial charge on any atom is -0.388 e. The van der Waals surface area contributed by atoms with Crippen molar-refractivity contribution >= 4 is 27.5 Å². The van der Waals surface area contributed by atoms with Gasteiger partial charge in [0.25, 0.3) is 0 Å². The molecule has 120 valence electrons. The minimum atomic E-state index is -0.571. The van der Waals surface area contributed by atoms with Crippen LogP contribution in [-0.4, -0.2) is 57.1 Å². The van der Waals surface area contributed by atoms with Crippen molar-refractivity contribution in [3.8, 4) is 0 Å². The number of aliphatic hydroxyl groups excluding tert-OH is 1. The number of halogens is 2. The van der Waals surface area contributed by atoms with Crippen molar-refractivity contribution in [1.82, 2.24) is 4.90 Å². The zero-order chi connectivity index (χ0) is 15.7. The maximum Gasteiger partial charge on any atom is 0.0816 e. The van der Waals surface area contributed by atoms with E-state index in [-0.39, 0.29) is 0 Å². The van der Waals surface area contributed by atoms with Gasteiger partial charge in [-0.15, -0.1) is 0 Å². The SMILES string of the molecule is COCCN(CCOC)CCC(O)c1ccc(Br)cc1Cl. The van der Waals surface area contributed by atoms with Crippen LogP contribution in [-0.2, 0) is 9.47 Å². The van der Waals surface area contributed by atoms with Gasteiger partial charge in [-0.3, -0.25) is 4.90 Å². The summed E-state index contributed by atoms with van der Waals surface area (Å²) in [7, 11) is 3.37. The lowest BCUT2D eigenvalue weighted by Gasteiger charge is -2.23. The molecule has 1 atom stereocenters. The van der Waals surface area contributed by atoms with E-state index in [0.29, 0.717) is 24.7 Å². The zero-order valence-electron chi connectivity index (χ0n) is 12.5. The van der Waals surface area contributed by atoms with Gasteiger partial charge in [-0.2, -0.15) is 0 Å². The van der Waals surface area contributed by atoms with Gasteiger partial charge in [-0.25, -0.2) is 0 Å². The number of hydrogen-bond acceptors (Lipinski definition) is 4. The molecule has 0 spiro atoms. The molecule has 0 aromatic heterocycles. The highest BCUT2D eigenvalue weighted by atomic mass is 79.9. The molecule has 0 radical (unpaired) electrons. The summed E-state index contributed by atoms with van der Waals surface area (Å²) < 4.78 is 11.1. The Morgan fingerprint density at radius 1 is 1.19 bits per heavy atom. The third-order valence-corrected chi connectivity index (χ3v) is 4.08. The Labute approximate surface area is 140 Å². The highest BCUT2D eigenvalue weighted by Gasteiger charge is 2.14. The Balaban J connectivity index is 2.52. The molecule has 1 aromatic rings. The molecule has 0 aliphatic heterocycles. The Bertz CT molecular complexity index is 412. The summed E-state index contributed by atoms with van der Waals surface area (Å²) in [6.07, 6.45) is 0.0487. The van der Waals surface area contributed by atoms with E-state index in [9.17, 15) is 5.11 Å². The normalized spacial score (nSPS) is 12.9. The molecule has 21 heavy (non-hydrogen) atoms. The zero-order valence-corrected chi connectivity index (χ0v) is 14.9. The third-order valence-electron chi connectivity index (χ3n) is 3.26. The number of benzene rings is 1. The van der Waals surface area contributed by atoms with Gasteiger partial charge in [0.15, 0.2) is 0 Å². The lowest BCUT2D eigenvalue weighted by Crippen LogP contribution is -2.32. The van der Waals surface area contributed by atoms with Crippen molar-refractivity contribution in [3.05, 3.63) is 33.3 Å². The predicted molar refractivity (Wildman–Crippen MR) is 88.9 cm³/mol. The van der Waals surface area contributed by atoms with E-state index in [1.807, 2.05) is 12.1 Å². The summed E-state index contributed by atoms with van der Waals surface area (Å²) in [6, 6.07) is 5.54. The van der Waals surface area contributed by atoms with Gasteiger partial charge in [-0.1, -0.05) is 33.6 Å². The molecule has 0 bridgehead atoms. The van der Waals surface area contributed by atoms with Crippen LogP contribution in [0.4, 0.5) is 0 Å². The maximum absolute atomic E-state index is 10.3. The monoisotopic (exact) mass is 379 g/mol. The molecule has 1 N–H and O–H groups in total. The van der Waals surface area contributed by atoms with E-state index in [0.717, 1.165) is 29.7 Å². The average Bonchev–Trinajstić information content (AvgIpc) is 2.46. The topological polar surface area (TPSA) is 41.9 Å². The Morgan fingerprint density at radius 3 is 2.33 bits per heavy atom. The number of methoxy groups -OCH3 is 2. The van der Waals surface area contributed by atoms with Gasteiger partial charge in [0.2, 0.25) is 0 Å². The van der Waals surface area contributed by atoms with Crippen LogP contribution in [0.5, 0.6) is 0 Å². The van der Waals surface area contributed by atoms with Crippen LogP contribution in [0.3, 0.4) is 0 Å². The van der Waals surface area contributed by atoms with Gasteiger partial charge in [0.1, 0.15) is 0 Å². The molecule has 0 aliphatic rings. The summed E-state index contributed by atoms with van der Waals surface area (Å²) in [5.41, 5.74) is 0.762. The smallest absolute Gasteiger partial charge is 0.0816 e. The molecular weight excluding hydrogens is 358 g/mol. The van der Waals surface area contributed by atoms with Crippen molar-refractivity contribution < 1.29 is 14.6 Å². The van der Waals surface area contributed by atoms with Crippen LogP contribution >= 0.6 is 27.5 Å². The third kappa shape index (κ3) is 7.08. The fourth-order valence-corrected chi connectivity index (χ4v) is 2.81. The van der Waals surface area contributed by atoms with E-state index in [2.05, 4.69) is 20.8 Å². The first-order chi connectivity index (χ1) is 10.1. The van der Waals surface area contributed by atoms with E-state index < -0.39 is 6.10 Å². The second-order valence-electron chi connectivity index (χ2n) is 4.80. The van der Waals surface area contributed by atoms with Crippen molar-refractivity contribution in [3.63, 3.8) is 0 Å². The lowest BCUT2D eigenvalue weighted by atomic mass is 10.1. The number of ether oxygens (including phenoxy) is 2. The van der Waals surface area contributed by atoms with Crippen molar-refractivity contribution in [1.29, 1.82) is 0 Å². The number of nitrogens with zero attached hydrogens (tertiary/aromatic N) is 1. The molecule has 0 saturated carbocycles. The summed E-state index contributed by atoms with van der Waals surface area (Å²) in [6.45, 7) is 3.74. The van der Waals surface area contributed by atoms with Crippen LogP contribution < -0.4 is 0 Å². The van der Waals surface area contributed by atoms with Gasteiger partial charge >= 0.3 is 0 Å². The lowest BCUT2D eigenvalue weighted by molar-refractivity contribution is 0.0945. The highest BCUT2D eigenvalue weighted by Crippen LogP contribution is 2.28. The molecule has 1 aromatic carbocycles. The molecule has 0 aliphatic carbocycles. The summed E-state index contributed by atoms with van der Waals surface area (Å²) in [5.74, 6) is 0. The number of hydrogen-bond donors (Lipinski definition) is 1. The first-order valence-electron chi connectivity index (χ1n) is 6.91. The summed E-state index contributed by atoms with van der Waals surface area (Å²) in [4.78, 5) is 2.21. The Kier molecular flexibility index (Phi) is 9.47. The molecule has 0 fully saturated rings. The quantitative estimate of drug-likeness (QED) is 0.677. The molecule has 1 rings (SSSR count). The maximum atomic E-state index is 10.3. The van der Waals surface area contributed by atoms with Crippen LogP contribution in [0.1, 0.15) is 18.1 Å². The molecule has 6 heteroatoms. The Morgan fingerprint density at radius 2 is 1.81 bits per heavy atom. The van der Waals surface area contributed by atoms with Crippen molar-refractivity contribution in [2.45, 2.75) is 12.5 Å².